The summed E-state index contributed by atoms with van der Waals surface area (Å²) in [6.45, 7) is 2.83. The van der Waals surface area contributed by atoms with Gasteiger partial charge in [-0.3, -0.25) is 4.79 Å². The zero-order valence-corrected chi connectivity index (χ0v) is 9.25. The predicted octanol–water partition coefficient (Wildman–Crippen LogP) is 0.628. The quantitative estimate of drug-likeness (QED) is 0.748. The summed E-state index contributed by atoms with van der Waals surface area (Å²) in [5, 5.41) is 4.11. The Hall–Kier alpha value is -0.810. The van der Waals surface area contributed by atoms with E-state index in [4.69, 9.17) is 4.74 Å². The number of hydrogen-bond acceptors (Lipinski definition) is 4. The standard InChI is InChI=1S/C9H14N2O2S/c1-7-5-8(6-14)9(12)11(10-7)3-4-13-2/h5,14H,3-4,6H2,1-2H3. The lowest BCUT2D eigenvalue weighted by atomic mass is 10.3. The van der Waals surface area contributed by atoms with Gasteiger partial charge in [-0.15, -0.1) is 0 Å². The first-order valence-electron chi connectivity index (χ1n) is 4.36. The fraction of sp³-hybridized carbons (Fsp3) is 0.556. The zero-order chi connectivity index (χ0) is 10.6. The Kier molecular flexibility index (Phi) is 4.16. The molecule has 1 rings (SSSR count). The van der Waals surface area contributed by atoms with Crippen molar-refractivity contribution in [3.8, 4) is 0 Å². The highest BCUT2D eigenvalue weighted by molar-refractivity contribution is 7.79. The second-order valence-electron chi connectivity index (χ2n) is 2.99. The van der Waals surface area contributed by atoms with Gasteiger partial charge in [0.05, 0.1) is 18.8 Å². The Bertz CT molecular complexity index is 362. The van der Waals surface area contributed by atoms with Crippen molar-refractivity contribution in [2.45, 2.75) is 19.2 Å². The van der Waals surface area contributed by atoms with Gasteiger partial charge in [-0.1, -0.05) is 0 Å². The van der Waals surface area contributed by atoms with Crippen molar-refractivity contribution in [3.05, 3.63) is 27.7 Å². The number of methoxy groups -OCH3 is 1. The topological polar surface area (TPSA) is 44.1 Å². The molecule has 0 fully saturated rings. The monoisotopic (exact) mass is 214 g/mol. The Morgan fingerprint density at radius 3 is 2.93 bits per heavy atom. The van der Waals surface area contributed by atoms with Crippen LogP contribution in [-0.4, -0.2) is 23.5 Å². The lowest BCUT2D eigenvalue weighted by molar-refractivity contribution is 0.181. The highest BCUT2D eigenvalue weighted by atomic mass is 32.1. The molecule has 14 heavy (non-hydrogen) atoms. The first-order chi connectivity index (χ1) is 6.69. The minimum atomic E-state index is -0.0809. The van der Waals surface area contributed by atoms with Gasteiger partial charge < -0.3 is 4.74 Å². The van der Waals surface area contributed by atoms with Crippen LogP contribution in [0.15, 0.2) is 10.9 Å². The van der Waals surface area contributed by atoms with Crippen LogP contribution in [0.5, 0.6) is 0 Å². The van der Waals surface area contributed by atoms with E-state index in [0.717, 1.165) is 5.69 Å². The van der Waals surface area contributed by atoms with Crippen molar-refractivity contribution in [2.75, 3.05) is 13.7 Å². The van der Waals surface area contributed by atoms with Gasteiger partial charge in [0.15, 0.2) is 0 Å². The van der Waals surface area contributed by atoms with E-state index in [-0.39, 0.29) is 5.56 Å². The summed E-state index contributed by atoms with van der Waals surface area (Å²) in [7, 11) is 1.60. The molecule has 0 radical (unpaired) electrons. The van der Waals surface area contributed by atoms with Crippen LogP contribution < -0.4 is 5.56 Å². The smallest absolute Gasteiger partial charge is 0.270 e. The molecule has 1 heterocycles. The second-order valence-corrected chi connectivity index (χ2v) is 3.31. The fourth-order valence-corrected chi connectivity index (χ4v) is 1.41. The lowest BCUT2D eigenvalue weighted by Crippen LogP contribution is -2.28. The van der Waals surface area contributed by atoms with Crippen LogP contribution in [0.3, 0.4) is 0 Å². The van der Waals surface area contributed by atoms with Crippen LogP contribution in [0.25, 0.3) is 0 Å². The van der Waals surface area contributed by atoms with E-state index in [9.17, 15) is 4.79 Å². The largest absolute Gasteiger partial charge is 0.383 e. The number of aryl methyl sites for hydroxylation is 1. The summed E-state index contributed by atoms with van der Waals surface area (Å²) in [5.74, 6) is 0.440. The number of thiol groups is 1. The first kappa shape index (κ1) is 11.3. The average molecular weight is 214 g/mol. The molecular formula is C9H14N2O2S. The Balaban J connectivity index is 3.03. The lowest BCUT2D eigenvalue weighted by Gasteiger charge is -2.06. The SMILES string of the molecule is COCCn1nc(C)cc(CS)c1=O. The van der Waals surface area contributed by atoms with Crippen molar-refractivity contribution < 1.29 is 4.74 Å². The van der Waals surface area contributed by atoms with Crippen molar-refractivity contribution >= 4 is 12.6 Å². The molecular weight excluding hydrogens is 200 g/mol. The molecule has 0 amide bonds. The van der Waals surface area contributed by atoms with Crippen molar-refractivity contribution in [1.82, 2.24) is 9.78 Å². The van der Waals surface area contributed by atoms with Crippen LogP contribution in [-0.2, 0) is 17.0 Å². The minimum absolute atomic E-state index is 0.0809. The van der Waals surface area contributed by atoms with E-state index in [1.165, 1.54) is 4.68 Å². The maximum absolute atomic E-state index is 11.7. The molecule has 0 bridgehead atoms. The van der Waals surface area contributed by atoms with E-state index in [2.05, 4.69) is 17.7 Å². The third-order valence-corrected chi connectivity index (χ3v) is 2.19. The van der Waals surface area contributed by atoms with E-state index in [0.29, 0.717) is 24.5 Å². The average Bonchev–Trinajstić information content (AvgIpc) is 2.18. The molecule has 0 aliphatic heterocycles. The van der Waals surface area contributed by atoms with Crippen LogP contribution in [0, 0.1) is 6.92 Å². The van der Waals surface area contributed by atoms with Crippen molar-refractivity contribution in [3.63, 3.8) is 0 Å². The van der Waals surface area contributed by atoms with Gasteiger partial charge in [-0.05, 0) is 13.0 Å². The van der Waals surface area contributed by atoms with Gasteiger partial charge in [-0.2, -0.15) is 17.7 Å². The maximum Gasteiger partial charge on any atom is 0.270 e. The number of ether oxygens (including phenoxy) is 1. The van der Waals surface area contributed by atoms with Crippen LogP contribution in [0.4, 0.5) is 0 Å². The molecule has 4 nitrogen and oxygen atoms in total. The van der Waals surface area contributed by atoms with Crippen molar-refractivity contribution in [2.24, 2.45) is 0 Å². The highest BCUT2D eigenvalue weighted by Crippen LogP contribution is 1.98. The summed E-state index contributed by atoms with van der Waals surface area (Å²) in [5.41, 5.74) is 1.42. The molecule has 5 heteroatoms. The fourth-order valence-electron chi connectivity index (χ4n) is 1.19. The summed E-state index contributed by atoms with van der Waals surface area (Å²) in [6.07, 6.45) is 0. The van der Waals surface area contributed by atoms with E-state index in [1.54, 1.807) is 13.2 Å². The van der Waals surface area contributed by atoms with Crippen molar-refractivity contribution in [1.29, 1.82) is 0 Å². The van der Waals surface area contributed by atoms with Gasteiger partial charge in [0, 0.05) is 18.4 Å². The van der Waals surface area contributed by atoms with E-state index >= 15 is 0 Å². The van der Waals surface area contributed by atoms with Crippen LogP contribution >= 0.6 is 12.6 Å². The van der Waals surface area contributed by atoms with Gasteiger partial charge >= 0.3 is 0 Å². The molecule has 0 N–H and O–H groups in total. The zero-order valence-electron chi connectivity index (χ0n) is 8.36. The van der Waals surface area contributed by atoms with E-state index in [1.807, 2.05) is 6.92 Å². The first-order valence-corrected chi connectivity index (χ1v) is 4.99. The van der Waals surface area contributed by atoms with Gasteiger partial charge in [-0.25, -0.2) is 4.68 Å². The van der Waals surface area contributed by atoms with Gasteiger partial charge in [0.25, 0.3) is 5.56 Å². The molecule has 0 atom stereocenters. The third-order valence-electron chi connectivity index (χ3n) is 1.85. The molecule has 1 aromatic rings. The Morgan fingerprint density at radius 1 is 1.64 bits per heavy atom. The summed E-state index contributed by atoms with van der Waals surface area (Å²) in [4.78, 5) is 11.7. The molecule has 0 aliphatic rings. The summed E-state index contributed by atoms with van der Waals surface area (Å²) in [6, 6.07) is 1.76. The van der Waals surface area contributed by atoms with Crippen LogP contribution in [0.2, 0.25) is 0 Å². The van der Waals surface area contributed by atoms with Gasteiger partial charge in [0.2, 0.25) is 0 Å². The molecule has 0 saturated carbocycles. The Labute approximate surface area is 88.3 Å². The predicted molar refractivity (Wildman–Crippen MR) is 57.8 cm³/mol. The molecule has 0 aliphatic carbocycles. The molecule has 78 valence electrons. The molecule has 1 aromatic heterocycles. The Morgan fingerprint density at radius 2 is 2.36 bits per heavy atom. The number of rotatable bonds is 4. The highest BCUT2D eigenvalue weighted by Gasteiger charge is 2.04. The second kappa shape index (κ2) is 5.17. The van der Waals surface area contributed by atoms with Crippen LogP contribution in [0.1, 0.15) is 11.3 Å². The molecule has 0 aromatic carbocycles. The number of nitrogens with zero attached hydrogens (tertiary/aromatic N) is 2. The summed E-state index contributed by atoms with van der Waals surface area (Å²) < 4.78 is 6.32. The number of hydrogen-bond donors (Lipinski definition) is 1. The van der Waals surface area contributed by atoms with Gasteiger partial charge in [0.1, 0.15) is 0 Å². The maximum atomic E-state index is 11.7. The third kappa shape index (κ3) is 2.59. The summed E-state index contributed by atoms with van der Waals surface area (Å²) >= 11 is 4.09. The van der Waals surface area contributed by atoms with E-state index < -0.39 is 0 Å². The molecule has 0 spiro atoms. The minimum Gasteiger partial charge on any atom is -0.383 e. The molecule has 0 unspecified atom stereocenters. The normalized spacial score (nSPS) is 10.5. The number of aromatic nitrogens is 2. The molecule has 0 saturated heterocycles.